The molecule has 0 aliphatic heterocycles. The van der Waals surface area contributed by atoms with Crippen molar-refractivity contribution in [2.24, 2.45) is 0 Å². The van der Waals surface area contributed by atoms with Crippen molar-refractivity contribution in [2.75, 3.05) is 30.9 Å². The van der Waals surface area contributed by atoms with Gasteiger partial charge in [-0.1, -0.05) is 18.2 Å². The van der Waals surface area contributed by atoms with E-state index in [-0.39, 0.29) is 29.5 Å². The second-order valence-electron chi connectivity index (χ2n) is 4.01. The van der Waals surface area contributed by atoms with Crippen LogP contribution >= 0.6 is 0 Å². The van der Waals surface area contributed by atoms with Gasteiger partial charge in [-0.2, -0.15) is 0 Å². The molecule has 1 aromatic rings. The SMILES string of the molecule is CS(=O)(=O)CCNCCS(=O)(=O)c1ccccc1. The maximum absolute atomic E-state index is 11.8. The van der Waals surface area contributed by atoms with Crippen molar-refractivity contribution >= 4 is 19.7 Å². The van der Waals surface area contributed by atoms with Gasteiger partial charge in [-0.3, -0.25) is 0 Å². The van der Waals surface area contributed by atoms with Crippen LogP contribution in [-0.2, 0) is 19.7 Å². The Morgan fingerprint density at radius 3 is 2.06 bits per heavy atom. The van der Waals surface area contributed by atoms with E-state index in [1.54, 1.807) is 30.3 Å². The molecule has 0 aliphatic rings. The molecule has 7 heteroatoms. The Kier molecular flexibility index (Phi) is 5.30. The van der Waals surface area contributed by atoms with Gasteiger partial charge in [0.25, 0.3) is 0 Å². The molecule has 0 radical (unpaired) electrons. The molecule has 0 aromatic heterocycles. The lowest BCUT2D eigenvalue weighted by Crippen LogP contribution is -2.27. The summed E-state index contributed by atoms with van der Waals surface area (Å²) in [7, 11) is -6.29. The van der Waals surface area contributed by atoms with E-state index < -0.39 is 19.7 Å². The van der Waals surface area contributed by atoms with Crippen molar-refractivity contribution in [3.8, 4) is 0 Å². The molecule has 5 nitrogen and oxygen atoms in total. The van der Waals surface area contributed by atoms with Crippen LogP contribution in [0.3, 0.4) is 0 Å². The Balaban J connectivity index is 2.40. The summed E-state index contributed by atoms with van der Waals surface area (Å²) in [4.78, 5) is 0.287. The van der Waals surface area contributed by atoms with Crippen LogP contribution in [0.5, 0.6) is 0 Å². The van der Waals surface area contributed by atoms with E-state index in [2.05, 4.69) is 5.32 Å². The maximum Gasteiger partial charge on any atom is 0.179 e. The van der Waals surface area contributed by atoms with Crippen molar-refractivity contribution in [1.82, 2.24) is 5.32 Å². The topological polar surface area (TPSA) is 80.3 Å². The summed E-state index contributed by atoms with van der Waals surface area (Å²) in [6.45, 7) is 0.510. The number of sulfone groups is 2. The Morgan fingerprint density at radius 1 is 0.944 bits per heavy atom. The van der Waals surface area contributed by atoms with Crippen LogP contribution in [0.2, 0.25) is 0 Å². The Bertz CT molecular complexity index is 564. The first-order valence-corrected chi connectivity index (χ1v) is 9.19. The van der Waals surface area contributed by atoms with Crippen LogP contribution in [-0.4, -0.2) is 47.7 Å². The normalized spacial score (nSPS) is 12.5. The Morgan fingerprint density at radius 2 is 1.50 bits per heavy atom. The second-order valence-corrected chi connectivity index (χ2v) is 8.38. The van der Waals surface area contributed by atoms with Gasteiger partial charge in [0.05, 0.1) is 16.4 Å². The molecule has 1 rings (SSSR count). The quantitative estimate of drug-likeness (QED) is 0.720. The highest BCUT2D eigenvalue weighted by Crippen LogP contribution is 2.08. The van der Waals surface area contributed by atoms with Gasteiger partial charge in [0.1, 0.15) is 9.84 Å². The molecule has 0 aliphatic carbocycles. The zero-order valence-corrected chi connectivity index (χ0v) is 11.8. The highest BCUT2D eigenvalue weighted by atomic mass is 32.2. The second kappa shape index (κ2) is 6.31. The van der Waals surface area contributed by atoms with Gasteiger partial charge in [-0.25, -0.2) is 16.8 Å². The summed E-state index contributed by atoms with van der Waals surface area (Å²) in [5.74, 6) is -0.0286. The van der Waals surface area contributed by atoms with Crippen LogP contribution in [0.25, 0.3) is 0 Å². The Hall–Kier alpha value is -0.920. The number of nitrogens with one attached hydrogen (secondary N) is 1. The van der Waals surface area contributed by atoms with Gasteiger partial charge in [0, 0.05) is 19.3 Å². The molecule has 0 heterocycles. The van der Waals surface area contributed by atoms with Gasteiger partial charge in [0.2, 0.25) is 0 Å². The minimum atomic E-state index is -3.29. The maximum atomic E-state index is 11.8. The van der Waals surface area contributed by atoms with Crippen LogP contribution in [0.4, 0.5) is 0 Å². The summed E-state index contributed by atoms with van der Waals surface area (Å²) in [5, 5.41) is 2.81. The predicted molar refractivity (Wildman–Crippen MR) is 71.1 cm³/mol. The average molecular weight is 291 g/mol. The molecule has 0 saturated heterocycles. The average Bonchev–Trinajstić information content (AvgIpc) is 2.28. The molecule has 0 unspecified atom stereocenters. The van der Waals surface area contributed by atoms with Crippen molar-refractivity contribution in [3.05, 3.63) is 30.3 Å². The smallest absolute Gasteiger partial charge is 0.179 e. The molecule has 18 heavy (non-hydrogen) atoms. The van der Waals surface area contributed by atoms with Crippen molar-refractivity contribution in [1.29, 1.82) is 0 Å². The largest absolute Gasteiger partial charge is 0.315 e. The third kappa shape index (κ3) is 5.61. The summed E-state index contributed by atoms with van der Waals surface area (Å²) in [6, 6.07) is 8.19. The van der Waals surface area contributed by atoms with Gasteiger partial charge >= 0.3 is 0 Å². The molecule has 0 amide bonds. The predicted octanol–water partition coefficient (Wildman–Crippen LogP) is 0.0945. The van der Waals surface area contributed by atoms with E-state index in [1.165, 1.54) is 0 Å². The molecular formula is C11H17NO4S2. The monoisotopic (exact) mass is 291 g/mol. The molecule has 0 bridgehead atoms. The lowest BCUT2D eigenvalue weighted by Gasteiger charge is -2.05. The number of hydrogen-bond acceptors (Lipinski definition) is 5. The molecule has 0 fully saturated rings. The van der Waals surface area contributed by atoms with Crippen molar-refractivity contribution < 1.29 is 16.8 Å². The fraction of sp³-hybridized carbons (Fsp3) is 0.455. The summed E-state index contributed by atoms with van der Waals surface area (Å²) in [6.07, 6.45) is 1.15. The van der Waals surface area contributed by atoms with E-state index in [0.29, 0.717) is 0 Å². The third-order valence-electron chi connectivity index (χ3n) is 2.30. The fourth-order valence-corrected chi connectivity index (χ4v) is 3.07. The van der Waals surface area contributed by atoms with E-state index in [9.17, 15) is 16.8 Å². The molecular weight excluding hydrogens is 274 g/mol. The number of hydrogen-bond donors (Lipinski definition) is 1. The first kappa shape index (κ1) is 15.1. The molecule has 102 valence electrons. The van der Waals surface area contributed by atoms with E-state index in [4.69, 9.17) is 0 Å². The number of benzene rings is 1. The summed E-state index contributed by atoms with van der Waals surface area (Å²) < 4.78 is 45.4. The first-order chi connectivity index (χ1) is 8.31. The van der Waals surface area contributed by atoms with E-state index in [0.717, 1.165) is 6.26 Å². The highest BCUT2D eigenvalue weighted by molar-refractivity contribution is 7.91. The lowest BCUT2D eigenvalue weighted by atomic mass is 10.4. The molecule has 1 N–H and O–H groups in total. The van der Waals surface area contributed by atoms with Gasteiger partial charge < -0.3 is 5.32 Å². The lowest BCUT2D eigenvalue weighted by molar-refractivity contribution is 0.590. The summed E-state index contributed by atoms with van der Waals surface area (Å²) in [5.41, 5.74) is 0. The minimum Gasteiger partial charge on any atom is -0.315 e. The minimum absolute atomic E-state index is 0.0123. The molecule has 0 atom stereocenters. The molecule has 1 aromatic carbocycles. The fourth-order valence-electron chi connectivity index (χ4n) is 1.33. The third-order valence-corrected chi connectivity index (χ3v) is 4.98. The first-order valence-electron chi connectivity index (χ1n) is 5.47. The zero-order valence-electron chi connectivity index (χ0n) is 10.2. The van der Waals surface area contributed by atoms with E-state index >= 15 is 0 Å². The van der Waals surface area contributed by atoms with Crippen LogP contribution < -0.4 is 5.32 Å². The van der Waals surface area contributed by atoms with Crippen molar-refractivity contribution in [3.63, 3.8) is 0 Å². The summed E-state index contributed by atoms with van der Waals surface area (Å²) >= 11 is 0. The van der Waals surface area contributed by atoms with Crippen LogP contribution in [0.15, 0.2) is 35.2 Å². The Labute approximate surface area is 108 Å². The standard InChI is InChI=1S/C11H17NO4S2/c1-17(13,14)9-7-12-8-10-18(15,16)11-5-3-2-4-6-11/h2-6,12H,7-10H2,1H3. The van der Waals surface area contributed by atoms with Gasteiger partial charge in [-0.05, 0) is 12.1 Å². The molecule has 0 spiro atoms. The van der Waals surface area contributed by atoms with Gasteiger partial charge in [-0.15, -0.1) is 0 Å². The number of rotatable bonds is 7. The molecule has 0 saturated carbocycles. The van der Waals surface area contributed by atoms with Crippen molar-refractivity contribution in [2.45, 2.75) is 4.90 Å². The van der Waals surface area contributed by atoms with Crippen LogP contribution in [0.1, 0.15) is 0 Å². The zero-order chi connectivity index (χ0) is 13.6. The van der Waals surface area contributed by atoms with Crippen LogP contribution in [0, 0.1) is 0 Å². The highest BCUT2D eigenvalue weighted by Gasteiger charge is 2.12. The van der Waals surface area contributed by atoms with E-state index in [1.807, 2.05) is 0 Å². The van der Waals surface area contributed by atoms with Gasteiger partial charge in [0.15, 0.2) is 9.84 Å².